The van der Waals surface area contributed by atoms with Crippen LogP contribution in [0.1, 0.15) is 59.8 Å². The molecule has 16 heavy (non-hydrogen) atoms. The molecule has 96 valence electrons. The summed E-state index contributed by atoms with van der Waals surface area (Å²) in [4.78, 5) is 2.70. The average Bonchev–Trinajstić information content (AvgIpc) is 2.78. The van der Waals surface area contributed by atoms with Gasteiger partial charge in [0.1, 0.15) is 0 Å². The van der Waals surface area contributed by atoms with Gasteiger partial charge in [0.2, 0.25) is 0 Å². The molecule has 2 nitrogen and oxygen atoms in total. The van der Waals surface area contributed by atoms with Gasteiger partial charge in [0.15, 0.2) is 0 Å². The highest BCUT2D eigenvalue weighted by atomic mass is 15.2. The van der Waals surface area contributed by atoms with Crippen LogP contribution in [-0.2, 0) is 0 Å². The predicted molar refractivity (Wildman–Crippen MR) is 71.9 cm³/mol. The van der Waals surface area contributed by atoms with Gasteiger partial charge in [-0.1, -0.05) is 20.8 Å². The molecule has 2 heteroatoms. The van der Waals surface area contributed by atoms with Gasteiger partial charge in [0.25, 0.3) is 0 Å². The first-order valence-electron chi connectivity index (χ1n) is 7.21. The van der Waals surface area contributed by atoms with Crippen LogP contribution in [0.5, 0.6) is 0 Å². The Morgan fingerprint density at radius 1 is 1.25 bits per heavy atom. The van der Waals surface area contributed by atoms with Crippen molar-refractivity contribution >= 4 is 0 Å². The lowest BCUT2D eigenvalue weighted by Gasteiger charge is -2.31. The molecule has 1 aliphatic heterocycles. The molecule has 1 saturated heterocycles. The van der Waals surface area contributed by atoms with Gasteiger partial charge in [-0.25, -0.2) is 0 Å². The van der Waals surface area contributed by atoms with E-state index in [0.29, 0.717) is 12.1 Å². The van der Waals surface area contributed by atoms with Crippen LogP contribution < -0.4 is 5.32 Å². The van der Waals surface area contributed by atoms with Gasteiger partial charge in [-0.05, 0) is 45.6 Å². The van der Waals surface area contributed by atoms with Crippen molar-refractivity contribution in [1.82, 2.24) is 10.2 Å². The zero-order valence-electron chi connectivity index (χ0n) is 11.6. The van der Waals surface area contributed by atoms with Crippen LogP contribution in [0, 0.1) is 0 Å². The normalized spacial score (nSPS) is 24.2. The summed E-state index contributed by atoms with van der Waals surface area (Å²) in [5.74, 6) is 0. The Balaban J connectivity index is 2.30. The maximum Gasteiger partial charge on any atom is 0.0195 e. The second-order valence-electron chi connectivity index (χ2n) is 5.21. The van der Waals surface area contributed by atoms with Crippen LogP contribution in [0.3, 0.4) is 0 Å². The molecule has 0 aliphatic carbocycles. The molecule has 2 unspecified atom stereocenters. The standard InChI is InChI=1S/C14H30N2/c1-5-13(6-2)15-11-12(4)16-10-8-9-14(16)7-3/h12-15H,5-11H2,1-4H3. The number of nitrogens with one attached hydrogen (secondary N) is 1. The van der Waals surface area contributed by atoms with E-state index in [0.717, 1.165) is 12.6 Å². The van der Waals surface area contributed by atoms with E-state index in [1.165, 1.54) is 38.6 Å². The lowest BCUT2D eigenvalue weighted by molar-refractivity contribution is 0.179. The number of nitrogens with zero attached hydrogens (tertiary/aromatic N) is 1. The molecule has 0 aromatic rings. The first-order valence-corrected chi connectivity index (χ1v) is 7.21. The van der Waals surface area contributed by atoms with Crippen molar-refractivity contribution in [3.8, 4) is 0 Å². The molecule has 0 spiro atoms. The lowest BCUT2D eigenvalue weighted by atomic mass is 10.1. The Bertz CT molecular complexity index is 178. The first-order chi connectivity index (χ1) is 7.72. The highest BCUT2D eigenvalue weighted by molar-refractivity contribution is 4.83. The molecule has 0 radical (unpaired) electrons. The Hall–Kier alpha value is -0.0800. The minimum atomic E-state index is 0.702. The molecular formula is C14H30N2. The minimum Gasteiger partial charge on any atom is -0.312 e. The second kappa shape index (κ2) is 7.29. The molecule has 0 bridgehead atoms. The molecule has 1 rings (SSSR count). The summed E-state index contributed by atoms with van der Waals surface area (Å²) in [7, 11) is 0. The van der Waals surface area contributed by atoms with Gasteiger partial charge >= 0.3 is 0 Å². The third kappa shape index (κ3) is 3.74. The molecule has 0 aromatic carbocycles. The van der Waals surface area contributed by atoms with E-state index in [4.69, 9.17) is 0 Å². The second-order valence-corrected chi connectivity index (χ2v) is 5.21. The highest BCUT2D eigenvalue weighted by Gasteiger charge is 2.26. The number of hydrogen-bond donors (Lipinski definition) is 1. The van der Waals surface area contributed by atoms with Crippen LogP contribution in [0.15, 0.2) is 0 Å². The number of hydrogen-bond acceptors (Lipinski definition) is 2. The zero-order valence-corrected chi connectivity index (χ0v) is 11.6. The molecule has 1 N–H and O–H groups in total. The Morgan fingerprint density at radius 2 is 1.94 bits per heavy atom. The molecule has 0 aromatic heterocycles. The van der Waals surface area contributed by atoms with Crippen LogP contribution in [0.25, 0.3) is 0 Å². The Labute approximate surface area is 102 Å². The summed E-state index contributed by atoms with van der Waals surface area (Å²) in [5, 5.41) is 3.70. The molecule has 2 atom stereocenters. The lowest BCUT2D eigenvalue weighted by Crippen LogP contribution is -2.45. The maximum absolute atomic E-state index is 3.70. The fraction of sp³-hybridized carbons (Fsp3) is 1.00. The minimum absolute atomic E-state index is 0.702. The summed E-state index contributed by atoms with van der Waals surface area (Å²) in [6.07, 6.45) is 6.62. The summed E-state index contributed by atoms with van der Waals surface area (Å²) in [5.41, 5.74) is 0. The van der Waals surface area contributed by atoms with Gasteiger partial charge in [-0.3, -0.25) is 4.90 Å². The van der Waals surface area contributed by atoms with Gasteiger partial charge in [0, 0.05) is 24.7 Å². The highest BCUT2D eigenvalue weighted by Crippen LogP contribution is 2.22. The molecule has 1 heterocycles. The SMILES string of the molecule is CCC(CC)NCC(C)N1CCCC1CC. The van der Waals surface area contributed by atoms with Gasteiger partial charge < -0.3 is 5.32 Å². The van der Waals surface area contributed by atoms with Crippen LogP contribution >= 0.6 is 0 Å². The van der Waals surface area contributed by atoms with Crippen molar-refractivity contribution in [2.75, 3.05) is 13.1 Å². The predicted octanol–water partition coefficient (Wildman–Crippen LogP) is 3.03. The van der Waals surface area contributed by atoms with Gasteiger partial charge in [-0.15, -0.1) is 0 Å². The van der Waals surface area contributed by atoms with Crippen LogP contribution in [0.2, 0.25) is 0 Å². The van der Waals surface area contributed by atoms with Crippen LogP contribution in [0.4, 0.5) is 0 Å². The molecule has 1 fully saturated rings. The van der Waals surface area contributed by atoms with Crippen molar-refractivity contribution in [2.24, 2.45) is 0 Å². The van der Waals surface area contributed by atoms with Crippen LogP contribution in [-0.4, -0.2) is 36.1 Å². The fourth-order valence-electron chi connectivity index (χ4n) is 2.91. The Kier molecular flexibility index (Phi) is 6.37. The van der Waals surface area contributed by atoms with E-state index in [2.05, 4.69) is 37.9 Å². The van der Waals surface area contributed by atoms with E-state index in [-0.39, 0.29) is 0 Å². The third-order valence-corrected chi connectivity index (χ3v) is 4.15. The quantitative estimate of drug-likeness (QED) is 0.718. The molecule has 0 amide bonds. The van der Waals surface area contributed by atoms with Gasteiger partial charge in [-0.2, -0.15) is 0 Å². The summed E-state index contributed by atoms with van der Waals surface area (Å²) < 4.78 is 0. The topological polar surface area (TPSA) is 15.3 Å². The molecular weight excluding hydrogens is 196 g/mol. The zero-order chi connectivity index (χ0) is 12.0. The first kappa shape index (κ1) is 14.0. The van der Waals surface area contributed by atoms with E-state index in [9.17, 15) is 0 Å². The van der Waals surface area contributed by atoms with E-state index >= 15 is 0 Å². The number of likely N-dealkylation sites (tertiary alicyclic amines) is 1. The van der Waals surface area contributed by atoms with Crippen molar-refractivity contribution in [1.29, 1.82) is 0 Å². The monoisotopic (exact) mass is 226 g/mol. The van der Waals surface area contributed by atoms with Crippen molar-refractivity contribution in [2.45, 2.75) is 77.9 Å². The van der Waals surface area contributed by atoms with Crippen molar-refractivity contribution < 1.29 is 0 Å². The third-order valence-electron chi connectivity index (χ3n) is 4.15. The average molecular weight is 226 g/mol. The smallest absolute Gasteiger partial charge is 0.0195 e. The maximum atomic E-state index is 3.70. The Morgan fingerprint density at radius 3 is 2.50 bits per heavy atom. The van der Waals surface area contributed by atoms with Crippen molar-refractivity contribution in [3.05, 3.63) is 0 Å². The summed E-state index contributed by atoms with van der Waals surface area (Å²) in [6, 6.07) is 2.26. The fourth-order valence-corrected chi connectivity index (χ4v) is 2.91. The van der Waals surface area contributed by atoms with E-state index < -0.39 is 0 Å². The van der Waals surface area contributed by atoms with E-state index in [1.807, 2.05) is 0 Å². The molecule has 0 saturated carbocycles. The van der Waals surface area contributed by atoms with E-state index in [1.54, 1.807) is 0 Å². The summed E-state index contributed by atoms with van der Waals surface area (Å²) in [6.45, 7) is 11.7. The van der Waals surface area contributed by atoms with Gasteiger partial charge in [0.05, 0.1) is 0 Å². The van der Waals surface area contributed by atoms with Crippen molar-refractivity contribution in [3.63, 3.8) is 0 Å². The largest absolute Gasteiger partial charge is 0.312 e. The number of rotatable bonds is 7. The summed E-state index contributed by atoms with van der Waals surface area (Å²) >= 11 is 0. The molecule has 1 aliphatic rings.